The third-order valence-corrected chi connectivity index (χ3v) is 6.24. The highest BCUT2D eigenvalue weighted by atomic mass is 32.2. The third kappa shape index (κ3) is 3.70. The minimum absolute atomic E-state index is 0.145. The van der Waals surface area contributed by atoms with E-state index in [1.807, 2.05) is 6.92 Å². The summed E-state index contributed by atoms with van der Waals surface area (Å²) in [4.78, 5) is 11.7. The van der Waals surface area contributed by atoms with Gasteiger partial charge in [0, 0.05) is 5.56 Å². The predicted octanol–water partition coefficient (Wildman–Crippen LogP) is 3.37. The molecule has 2 aliphatic rings. The lowest BCUT2D eigenvalue weighted by Crippen LogP contribution is -2.31. The monoisotopic (exact) mass is 388 g/mol. The first kappa shape index (κ1) is 18.0. The molecule has 4 rings (SSSR count). The summed E-state index contributed by atoms with van der Waals surface area (Å²) in [6, 6.07) is 11.7. The molecule has 1 heterocycles. The van der Waals surface area contributed by atoms with Crippen LogP contribution in [0.15, 0.2) is 47.4 Å². The summed E-state index contributed by atoms with van der Waals surface area (Å²) in [5.74, 6) is 0.253. The molecule has 7 heteroatoms. The highest BCUT2D eigenvalue weighted by molar-refractivity contribution is 7.86. The van der Waals surface area contributed by atoms with Crippen LogP contribution in [-0.4, -0.2) is 26.6 Å². The van der Waals surface area contributed by atoms with E-state index in [0.29, 0.717) is 24.2 Å². The molecule has 2 aromatic carbocycles. The summed E-state index contributed by atoms with van der Waals surface area (Å²) >= 11 is 0. The molecule has 0 amide bonds. The molecule has 1 aliphatic heterocycles. The van der Waals surface area contributed by atoms with Crippen molar-refractivity contribution in [3.63, 3.8) is 0 Å². The largest absolute Gasteiger partial charge is 0.488 e. The zero-order valence-corrected chi connectivity index (χ0v) is 15.7. The van der Waals surface area contributed by atoms with Crippen molar-refractivity contribution in [2.75, 3.05) is 0 Å². The molecule has 142 valence electrons. The fraction of sp³-hybridized carbons (Fsp3) is 0.350. The number of hydrogen-bond acceptors (Lipinski definition) is 6. The van der Waals surface area contributed by atoms with E-state index in [1.165, 1.54) is 0 Å². The number of hydrogen-bond donors (Lipinski definition) is 0. The van der Waals surface area contributed by atoms with Gasteiger partial charge in [0.15, 0.2) is 0 Å². The van der Waals surface area contributed by atoms with Gasteiger partial charge in [-0.3, -0.25) is 4.18 Å². The zero-order valence-electron chi connectivity index (χ0n) is 14.9. The van der Waals surface area contributed by atoms with Crippen molar-refractivity contribution in [2.45, 2.75) is 49.9 Å². The zero-order chi connectivity index (χ0) is 19.0. The van der Waals surface area contributed by atoms with E-state index in [4.69, 9.17) is 13.7 Å². The van der Waals surface area contributed by atoms with Gasteiger partial charge in [0.1, 0.15) is 24.6 Å². The fourth-order valence-corrected chi connectivity index (χ4v) is 4.54. The number of benzene rings is 2. The minimum atomic E-state index is -3.85. The Balaban J connectivity index is 1.48. The summed E-state index contributed by atoms with van der Waals surface area (Å²) in [6.45, 7) is 2.13. The predicted molar refractivity (Wildman–Crippen MR) is 97.1 cm³/mol. The molecule has 6 nitrogen and oxygen atoms in total. The van der Waals surface area contributed by atoms with Crippen LogP contribution in [0.3, 0.4) is 0 Å². The van der Waals surface area contributed by atoms with Gasteiger partial charge in [-0.15, -0.1) is 0 Å². The van der Waals surface area contributed by atoms with Gasteiger partial charge in [-0.25, -0.2) is 4.79 Å². The Bertz CT molecular complexity index is 964. The summed E-state index contributed by atoms with van der Waals surface area (Å²) in [5, 5.41) is 0. The molecule has 2 aromatic rings. The van der Waals surface area contributed by atoms with Crippen LogP contribution in [-0.2, 0) is 25.6 Å². The molecule has 2 atom stereocenters. The van der Waals surface area contributed by atoms with E-state index in [1.54, 1.807) is 42.5 Å². The molecule has 0 aromatic heterocycles. The van der Waals surface area contributed by atoms with Crippen molar-refractivity contribution in [1.29, 1.82) is 0 Å². The van der Waals surface area contributed by atoms with Crippen LogP contribution in [0.5, 0.6) is 5.75 Å². The average molecular weight is 388 g/mol. The molecule has 1 aliphatic carbocycles. The van der Waals surface area contributed by atoms with E-state index in [-0.39, 0.29) is 23.6 Å². The lowest BCUT2D eigenvalue weighted by atomic mass is 10.1. The Morgan fingerprint density at radius 2 is 1.78 bits per heavy atom. The van der Waals surface area contributed by atoms with Gasteiger partial charge in [0.2, 0.25) is 0 Å². The highest BCUT2D eigenvalue weighted by Gasteiger charge is 2.35. The number of aryl methyl sites for hydroxylation is 1. The van der Waals surface area contributed by atoms with E-state index in [9.17, 15) is 13.2 Å². The second-order valence-electron chi connectivity index (χ2n) is 6.88. The first-order valence-electron chi connectivity index (χ1n) is 8.89. The number of carbonyl (C=O) groups is 1. The molecule has 0 unspecified atom stereocenters. The summed E-state index contributed by atoms with van der Waals surface area (Å²) in [6.07, 6.45) is 1.25. The smallest absolute Gasteiger partial charge is 0.338 e. The molecule has 0 spiro atoms. The standard InChI is InChI=1S/C20H20O6S/c1-13-5-8-16(9-6-13)27(22,23)26-19-4-2-3-18(19)25-15-7-10-17-14(11-15)12-24-20(17)21/h5-11,18-19H,2-4,12H2,1H3/t18-,19+/m1/s1. The Kier molecular flexibility index (Phi) is 4.65. The van der Waals surface area contributed by atoms with Gasteiger partial charge in [-0.2, -0.15) is 8.42 Å². The average Bonchev–Trinajstić information content (AvgIpc) is 3.22. The first-order chi connectivity index (χ1) is 12.9. The van der Waals surface area contributed by atoms with Crippen molar-refractivity contribution in [2.24, 2.45) is 0 Å². The number of esters is 1. The minimum Gasteiger partial charge on any atom is -0.488 e. The topological polar surface area (TPSA) is 78.9 Å². The van der Waals surface area contributed by atoms with Crippen LogP contribution in [0.4, 0.5) is 0 Å². The molecule has 1 saturated carbocycles. The fourth-order valence-electron chi connectivity index (χ4n) is 3.42. The quantitative estimate of drug-likeness (QED) is 0.577. The van der Waals surface area contributed by atoms with Crippen molar-refractivity contribution in [1.82, 2.24) is 0 Å². The van der Waals surface area contributed by atoms with E-state index in [2.05, 4.69) is 0 Å². The van der Waals surface area contributed by atoms with Gasteiger partial charge in [0.25, 0.3) is 10.1 Å². The molecule has 0 bridgehead atoms. The van der Waals surface area contributed by atoms with Gasteiger partial charge in [-0.1, -0.05) is 17.7 Å². The van der Waals surface area contributed by atoms with E-state index >= 15 is 0 Å². The Morgan fingerprint density at radius 1 is 1.04 bits per heavy atom. The summed E-state index contributed by atoms with van der Waals surface area (Å²) in [7, 11) is -3.85. The lowest BCUT2D eigenvalue weighted by Gasteiger charge is -2.21. The molecule has 0 N–H and O–H groups in total. The van der Waals surface area contributed by atoms with Crippen molar-refractivity contribution < 1.29 is 26.9 Å². The second kappa shape index (κ2) is 6.98. The van der Waals surface area contributed by atoms with Crippen LogP contribution in [0, 0.1) is 6.92 Å². The van der Waals surface area contributed by atoms with Crippen LogP contribution >= 0.6 is 0 Å². The van der Waals surface area contributed by atoms with E-state index < -0.39 is 16.2 Å². The van der Waals surface area contributed by atoms with Gasteiger partial charge in [0.05, 0.1) is 10.5 Å². The highest BCUT2D eigenvalue weighted by Crippen LogP contribution is 2.31. The van der Waals surface area contributed by atoms with Crippen LogP contribution < -0.4 is 4.74 Å². The molecular formula is C20H20O6S. The van der Waals surface area contributed by atoms with Crippen molar-refractivity contribution >= 4 is 16.1 Å². The van der Waals surface area contributed by atoms with E-state index in [0.717, 1.165) is 17.5 Å². The third-order valence-electron chi connectivity index (χ3n) is 4.89. The number of ether oxygens (including phenoxy) is 2. The Labute approximate surface area is 158 Å². The second-order valence-corrected chi connectivity index (χ2v) is 8.46. The van der Waals surface area contributed by atoms with Crippen LogP contribution in [0.25, 0.3) is 0 Å². The number of rotatable bonds is 5. The number of carbonyl (C=O) groups excluding carboxylic acids is 1. The van der Waals surface area contributed by atoms with Crippen molar-refractivity contribution in [3.8, 4) is 5.75 Å². The maximum atomic E-state index is 12.6. The molecule has 1 fully saturated rings. The summed E-state index contributed by atoms with van der Waals surface area (Å²) < 4.78 is 41.6. The van der Waals surface area contributed by atoms with Gasteiger partial charge < -0.3 is 9.47 Å². The SMILES string of the molecule is Cc1ccc(S(=O)(=O)O[C@H]2CCC[C@H]2Oc2ccc3c(c2)COC3=O)cc1. The Hall–Kier alpha value is -2.38. The maximum Gasteiger partial charge on any atom is 0.338 e. The van der Waals surface area contributed by atoms with Gasteiger partial charge >= 0.3 is 5.97 Å². The van der Waals surface area contributed by atoms with Crippen LogP contribution in [0.1, 0.15) is 40.7 Å². The number of cyclic esters (lactones) is 1. The van der Waals surface area contributed by atoms with Crippen molar-refractivity contribution in [3.05, 3.63) is 59.2 Å². The van der Waals surface area contributed by atoms with Gasteiger partial charge in [-0.05, 0) is 56.5 Å². The lowest BCUT2D eigenvalue weighted by molar-refractivity contribution is 0.0535. The molecular weight excluding hydrogens is 368 g/mol. The maximum absolute atomic E-state index is 12.6. The Morgan fingerprint density at radius 3 is 2.56 bits per heavy atom. The summed E-state index contributed by atoms with van der Waals surface area (Å²) in [5.41, 5.74) is 2.30. The normalized spacial score (nSPS) is 21.7. The first-order valence-corrected chi connectivity index (χ1v) is 10.3. The molecule has 0 radical (unpaired) electrons. The molecule has 0 saturated heterocycles. The molecule has 27 heavy (non-hydrogen) atoms. The number of fused-ring (bicyclic) bond motifs is 1. The van der Waals surface area contributed by atoms with Crippen LogP contribution in [0.2, 0.25) is 0 Å².